The highest BCUT2D eigenvalue weighted by Crippen LogP contribution is 2.22. The van der Waals surface area contributed by atoms with E-state index in [-0.39, 0.29) is 17.5 Å². The van der Waals surface area contributed by atoms with Gasteiger partial charge in [-0.05, 0) is 12.8 Å². The van der Waals surface area contributed by atoms with Crippen molar-refractivity contribution in [2.24, 2.45) is 5.92 Å². The van der Waals surface area contributed by atoms with Crippen molar-refractivity contribution in [3.8, 4) is 0 Å². The van der Waals surface area contributed by atoms with Crippen molar-refractivity contribution in [3.63, 3.8) is 0 Å². The van der Waals surface area contributed by atoms with Crippen LogP contribution in [0.3, 0.4) is 0 Å². The van der Waals surface area contributed by atoms with Gasteiger partial charge in [0.05, 0.1) is 12.7 Å². The topological polar surface area (TPSA) is 97.1 Å². The first-order valence-corrected chi connectivity index (χ1v) is 7.58. The van der Waals surface area contributed by atoms with Crippen LogP contribution in [0.1, 0.15) is 55.4 Å². The maximum Gasteiger partial charge on any atom is 0.358 e. The Morgan fingerprint density at radius 2 is 1.90 bits per heavy atom. The van der Waals surface area contributed by atoms with Crippen LogP contribution >= 0.6 is 0 Å². The van der Waals surface area contributed by atoms with Crippen molar-refractivity contribution >= 4 is 11.9 Å². The first-order chi connectivity index (χ1) is 10.2. The Kier molecular flexibility index (Phi) is 5.71. The van der Waals surface area contributed by atoms with Gasteiger partial charge in [-0.2, -0.15) is 0 Å². The van der Waals surface area contributed by atoms with Gasteiger partial charge in [-0.25, -0.2) is 9.48 Å². The molecular formula is C14H22N4O3. The number of carbonyl (C=O) groups is 2. The van der Waals surface area contributed by atoms with E-state index in [9.17, 15) is 9.59 Å². The first-order valence-electron chi connectivity index (χ1n) is 7.58. The molecule has 0 bridgehead atoms. The highest BCUT2D eigenvalue weighted by atomic mass is 16.4. The Bertz CT molecular complexity index is 478. The minimum absolute atomic E-state index is 0.0821. The lowest BCUT2D eigenvalue weighted by molar-refractivity contribution is -0.125. The van der Waals surface area contributed by atoms with Crippen molar-refractivity contribution in [2.45, 2.75) is 51.5 Å². The van der Waals surface area contributed by atoms with E-state index in [1.807, 2.05) is 0 Å². The van der Waals surface area contributed by atoms with E-state index in [0.717, 1.165) is 25.7 Å². The standard InChI is InChI=1S/C14H22N4O3/c19-13(11-6-4-2-1-3-5-7-11)15-8-9-18-10-12(14(20)21)16-17-18/h10-11H,1-9H2,(H,15,19)(H,20,21). The van der Waals surface area contributed by atoms with Gasteiger partial charge in [-0.1, -0.05) is 37.3 Å². The summed E-state index contributed by atoms with van der Waals surface area (Å²) >= 11 is 0. The Hall–Kier alpha value is -1.92. The minimum Gasteiger partial charge on any atom is -0.476 e. The lowest BCUT2D eigenvalue weighted by Crippen LogP contribution is -2.33. The Labute approximate surface area is 123 Å². The predicted molar refractivity (Wildman–Crippen MR) is 75.8 cm³/mol. The molecule has 1 heterocycles. The number of hydrogen-bond donors (Lipinski definition) is 2. The Morgan fingerprint density at radius 3 is 2.52 bits per heavy atom. The summed E-state index contributed by atoms with van der Waals surface area (Å²) in [6.45, 7) is 0.872. The molecule has 0 radical (unpaired) electrons. The van der Waals surface area contributed by atoms with Crippen LogP contribution in [0.2, 0.25) is 0 Å². The largest absolute Gasteiger partial charge is 0.476 e. The molecule has 1 aromatic heterocycles. The molecule has 0 spiro atoms. The van der Waals surface area contributed by atoms with Crippen molar-refractivity contribution in [3.05, 3.63) is 11.9 Å². The summed E-state index contributed by atoms with van der Waals surface area (Å²) in [5.74, 6) is -0.870. The average molecular weight is 294 g/mol. The zero-order valence-corrected chi connectivity index (χ0v) is 12.1. The van der Waals surface area contributed by atoms with Gasteiger partial charge in [0.15, 0.2) is 5.69 Å². The smallest absolute Gasteiger partial charge is 0.358 e. The van der Waals surface area contributed by atoms with Gasteiger partial charge in [-0.15, -0.1) is 5.10 Å². The Balaban J connectivity index is 1.73. The highest BCUT2D eigenvalue weighted by molar-refractivity contribution is 5.84. The quantitative estimate of drug-likeness (QED) is 0.856. The predicted octanol–water partition coefficient (Wildman–Crippen LogP) is 1.45. The highest BCUT2D eigenvalue weighted by Gasteiger charge is 2.18. The molecule has 0 saturated heterocycles. The molecule has 0 aromatic carbocycles. The number of amides is 1. The Morgan fingerprint density at radius 1 is 1.24 bits per heavy atom. The van der Waals surface area contributed by atoms with Gasteiger partial charge in [0, 0.05) is 12.5 Å². The molecule has 116 valence electrons. The first kappa shape index (κ1) is 15.5. The van der Waals surface area contributed by atoms with E-state index in [4.69, 9.17) is 5.11 Å². The number of carboxylic acid groups (broad SMARTS) is 1. The molecule has 1 amide bonds. The number of nitrogens with one attached hydrogen (secondary N) is 1. The number of nitrogens with zero attached hydrogens (tertiary/aromatic N) is 3. The van der Waals surface area contributed by atoms with E-state index in [2.05, 4.69) is 15.6 Å². The third-order valence-corrected chi connectivity index (χ3v) is 3.87. The monoisotopic (exact) mass is 294 g/mol. The third-order valence-electron chi connectivity index (χ3n) is 3.87. The van der Waals surface area contributed by atoms with Crippen LogP contribution in [-0.2, 0) is 11.3 Å². The molecule has 2 rings (SSSR count). The molecule has 1 saturated carbocycles. The van der Waals surface area contributed by atoms with Gasteiger partial charge in [0.1, 0.15) is 0 Å². The molecular weight excluding hydrogens is 272 g/mol. The maximum absolute atomic E-state index is 12.1. The van der Waals surface area contributed by atoms with Crippen LogP contribution in [-0.4, -0.2) is 38.5 Å². The fraction of sp³-hybridized carbons (Fsp3) is 0.714. The third kappa shape index (κ3) is 4.84. The van der Waals surface area contributed by atoms with Crippen LogP contribution in [0.15, 0.2) is 6.20 Å². The second-order valence-electron chi connectivity index (χ2n) is 5.51. The molecule has 1 fully saturated rings. The molecule has 0 atom stereocenters. The maximum atomic E-state index is 12.1. The number of aromatic nitrogens is 3. The van der Waals surface area contributed by atoms with Gasteiger partial charge in [0.2, 0.25) is 5.91 Å². The van der Waals surface area contributed by atoms with Crippen molar-refractivity contribution < 1.29 is 14.7 Å². The molecule has 21 heavy (non-hydrogen) atoms. The second-order valence-corrected chi connectivity index (χ2v) is 5.51. The molecule has 7 heteroatoms. The summed E-state index contributed by atoms with van der Waals surface area (Å²) in [5.41, 5.74) is -0.0821. The molecule has 1 aromatic rings. The lowest BCUT2D eigenvalue weighted by Gasteiger charge is -2.19. The van der Waals surface area contributed by atoms with Gasteiger partial charge in [-0.3, -0.25) is 4.79 Å². The summed E-state index contributed by atoms with van der Waals surface area (Å²) in [6, 6.07) is 0. The van der Waals surface area contributed by atoms with Crippen LogP contribution < -0.4 is 5.32 Å². The van der Waals surface area contributed by atoms with Crippen molar-refractivity contribution in [1.82, 2.24) is 20.3 Å². The molecule has 1 aliphatic carbocycles. The van der Waals surface area contributed by atoms with E-state index in [0.29, 0.717) is 13.1 Å². The zero-order chi connectivity index (χ0) is 15.1. The number of hydrogen-bond acceptors (Lipinski definition) is 4. The molecule has 0 unspecified atom stereocenters. The summed E-state index contributed by atoms with van der Waals surface area (Å²) in [4.78, 5) is 22.8. The number of carbonyl (C=O) groups excluding carboxylic acids is 1. The van der Waals surface area contributed by atoms with E-state index < -0.39 is 5.97 Å². The molecule has 2 N–H and O–H groups in total. The summed E-state index contributed by atoms with van der Waals surface area (Å²) < 4.78 is 1.43. The molecule has 7 nitrogen and oxygen atoms in total. The van der Waals surface area contributed by atoms with E-state index >= 15 is 0 Å². The van der Waals surface area contributed by atoms with Gasteiger partial charge < -0.3 is 10.4 Å². The van der Waals surface area contributed by atoms with Crippen molar-refractivity contribution in [1.29, 1.82) is 0 Å². The fourth-order valence-corrected chi connectivity index (χ4v) is 2.66. The van der Waals surface area contributed by atoms with E-state index in [1.165, 1.54) is 30.1 Å². The zero-order valence-electron chi connectivity index (χ0n) is 12.1. The van der Waals surface area contributed by atoms with Crippen LogP contribution in [0.5, 0.6) is 0 Å². The van der Waals surface area contributed by atoms with Crippen LogP contribution in [0.25, 0.3) is 0 Å². The summed E-state index contributed by atoms with van der Waals surface area (Å²) in [6.07, 6.45) is 9.29. The van der Waals surface area contributed by atoms with Crippen LogP contribution in [0, 0.1) is 5.92 Å². The SMILES string of the molecule is O=C(O)c1cn(CCNC(=O)C2CCCCCCC2)nn1. The lowest BCUT2D eigenvalue weighted by atomic mass is 9.90. The normalized spacial score (nSPS) is 17.0. The van der Waals surface area contributed by atoms with E-state index in [1.54, 1.807) is 0 Å². The van der Waals surface area contributed by atoms with Crippen molar-refractivity contribution in [2.75, 3.05) is 6.54 Å². The number of aromatic carboxylic acids is 1. The summed E-state index contributed by atoms with van der Waals surface area (Å²) in [7, 11) is 0. The van der Waals surface area contributed by atoms with Gasteiger partial charge >= 0.3 is 5.97 Å². The average Bonchev–Trinajstić information content (AvgIpc) is 2.87. The number of rotatable bonds is 5. The van der Waals surface area contributed by atoms with Gasteiger partial charge in [0.25, 0.3) is 0 Å². The minimum atomic E-state index is -1.10. The molecule has 1 aliphatic rings. The van der Waals surface area contributed by atoms with Crippen LogP contribution in [0.4, 0.5) is 0 Å². The fourth-order valence-electron chi connectivity index (χ4n) is 2.66. The second kappa shape index (κ2) is 7.75. The molecule has 0 aliphatic heterocycles. The summed E-state index contributed by atoms with van der Waals surface area (Å²) in [5, 5.41) is 18.9. The number of carboxylic acids is 1.